The van der Waals surface area contributed by atoms with E-state index in [1.165, 1.54) is 12.8 Å². The van der Waals surface area contributed by atoms with E-state index >= 15 is 0 Å². The molecule has 0 N–H and O–H groups in total. The Morgan fingerprint density at radius 3 is 1.44 bits per heavy atom. The van der Waals surface area contributed by atoms with Gasteiger partial charge in [-0.2, -0.15) is 0 Å². The topological polar surface area (TPSA) is 0 Å². The second kappa shape index (κ2) is 5.60. The van der Waals surface area contributed by atoms with Gasteiger partial charge in [-0.25, -0.2) is 0 Å². The molecular weight excluding hydrogens is 191 g/mol. The van der Waals surface area contributed by atoms with Crippen LogP contribution in [0.4, 0.5) is 0 Å². The molecule has 0 spiro atoms. The third-order valence-electron chi connectivity index (χ3n) is 3.88. The van der Waals surface area contributed by atoms with Gasteiger partial charge in [0.25, 0.3) is 0 Å². The molecule has 0 aromatic rings. The van der Waals surface area contributed by atoms with Crippen LogP contribution in [0.1, 0.15) is 68.2 Å². The van der Waals surface area contributed by atoms with Gasteiger partial charge in [-0.15, -0.1) is 0 Å². The smallest absolute Gasteiger partial charge is 0.0722 e. The zero-order chi connectivity index (χ0) is 13.1. The highest BCUT2D eigenvalue weighted by molar-refractivity contribution is 6.11. The first-order valence-corrected chi connectivity index (χ1v) is 7.00. The van der Waals surface area contributed by atoms with Crippen molar-refractivity contribution < 1.29 is 0 Å². The van der Waals surface area contributed by atoms with Crippen molar-refractivity contribution in [3.05, 3.63) is 0 Å². The van der Waals surface area contributed by atoms with Crippen molar-refractivity contribution in [1.29, 1.82) is 0 Å². The lowest BCUT2D eigenvalue weighted by atomic mass is 9.59. The van der Waals surface area contributed by atoms with Gasteiger partial charge >= 0.3 is 0 Å². The minimum Gasteiger partial charge on any atom is -0.0722 e. The van der Waals surface area contributed by atoms with E-state index in [4.69, 9.17) is 0 Å². The Bertz CT molecular complexity index is 192. The highest BCUT2D eigenvalue weighted by atomic mass is 14.4. The van der Waals surface area contributed by atoms with Crippen LogP contribution in [0, 0.1) is 22.7 Å². The molecule has 0 rings (SSSR count). The standard InChI is InChI=1S/C15H33B/c1-9-12(14(3,4)5)13(10-11(2)16)15(6,7)8/h11-13H,9-10,16H2,1-8H3. The lowest BCUT2D eigenvalue weighted by Gasteiger charge is -2.44. The first-order valence-electron chi connectivity index (χ1n) is 7.00. The lowest BCUT2D eigenvalue weighted by molar-refractivity contribution is 0.0606. The fourth-order valence-electron chi connectivity index (χ4n) is 3.13. The van der Waals surface area contributed by atoms with E-state index in [9.17, 15) is 0 Å². The summed E-state index contributed by atoms with van der Waals surface area (Å²) in [5, 5.41) is 0. The summed E-state index contributed by atoms with van der Waals surface area (Å²) in [4.78, 5) is 0. The Labute approximate surface area is 105 Å². The zero-order valence-corrected chi connectivity index (χ0v) is 13.1. The minimum absolute atomic E-state index is 0.429. The van der Waals surface area contributed by atoms with Gasteiger partial charge in [0, 0.05) is 0 Å². The molecule has 0 bridgehead atoms. The number of hydrogen-bond donors (Lipinski definition) is 0. The maximum Gasteiger partial charge on any atom is 0.105 e. The molecule has 0 radical (unpaired) electrons. The molecule has 16 heavy (non-hydrogen) atoms. The molecule has 0 saturated heterocycles. The van der Waals surface area contributed by atoms with Crippen molar-refractivity contribution in [3.63, 3.8) is 0 Å². The average molecular weight is 224 g/mol. The van der Waals surface area contributed by atoms with Gasteiger partial charge in [-0.1, -0.05) is 74.0 Å². The summed E-state index contributed by atoms with van der Waals surface area (Å²) in [6, 6.07) is 0. The predicted molar refractivity (Wildman–Crippen MR) is 78.8 cm³/mol. The second-order valence-corrected chi connectivity index (χ2v) is 7.98. The van der Waals surface area contributed by atoms with E-state index < -0.39 is 0 Å². The highest BCUT2D eigenvalue weighted by Gasteiger charge is 2.37. The quantitative estimate of drug-likeness (QED) is 0.614. The summed E-state index contributed by atoms with van der Waals surface area (Å²) in [5.74, 6) is 2.47. The number of rotatable bonds is 4. The molecule has 0 aliphatic carbocycles. The van der Waals surface area contributed by atoms with Crippen LogP contribution >= 0.6 is 0 Å². The van der Waals surface area contributed by atoms with E-state index in [1.54, 1.807) is 0 Å². The zero-order valence-electron chi connectivity index (χ0n) is 13.1. The van der Waals surface area contributed by atoms with Gasteiger partial charge < -0.3 is 0 Å². The lowest BCUT2D eigenvalue weighted by Crippen LogP contribution is -2.36. The van der Waals surface area contributed by atoms with Crippen molar-refractivity contribution in [2.75, 3.05) is 0 Å². The van der Waals surface area contributed by atoms with Crippen molar-refractivity contribution in [2.45, 2.75) is 74.0 Å². The summed E-state index contributed by atoms with van der Waals surface area (Å²) in [7, 11) is 2.36. The van der Waals surface area contributed by atoms with Gasteiger partial charge in [0.15, 0.2) is 0 Å². The Kier molecular flexibility index (Phi) is 5.62. The largest absolute Gasteiger partial charge is 0.105 e. The molecule has 3 atom stereocenters. The molecule has 96 valence electrons. The van der Waals surface area contributed by atoms with Crippen LogP contribution in [0.5, 0.6) is 0 Å². The third kappa shape index (κ3) is 4.93. The molecule has 0 aliphatic heterocycles. The van der Waals surface area contributed by atoms with E-state index in [0.29, 0.717) is 10.8 Å². The SMILES string of the molecule is BC(C)CC(C(CC)C(C)(C)C)C(C)(C)C. The van der Waals surface area contributed by atoms with Crippen LogP contribution in [0.3, 0.4) is 0 Å². The third-order valence-corrected chi connectivity index (χ3v) is 3.88. The van der Waals surface area contributed by atoms with Crippen molar-refractivity contribution in [1.82, 2.24) is 0 Å². The highest BCUT2D eigenvalue weighted by Crippen LogP contribution is 2.46. The molecular formula is C15H33B. The summed E-state index contributed by atoms with van der Waals surface area (Å²) in [5.41, 5.74) is 0.861. The fourth-order valence-corrected chi connectivity index (χ4v) is 3.13. The molecule has 0 nitrogen and oxygen atoms in total. The summed E-state index contributed by atoms with van der Waals surface area (Å²) >= 11 is 0. The minimum atomic E-state index is 0.429. The second-order valence-electron chi connectivity index (χ2n) is 7.98. The molecule has 0 fully saturated rings. The van der Waals surface area contributed by atoms with Crippen LogP contribution in [0.2, 0.25) is 5.82 Å². The van der Waals surface area contributed by atoms with Crippen LogP contribution in [-0.2, 0) is 0 Å². The molecule has 0 aliphatic rings. The van der Waals surface area contributed by atoms with Gasteiger partial charge in [0.05, 0.1) is 0 Å². The Morgan fingerprint density at radius 2 is 1.25 bits per heavy atom. The molecule has 0 amide bonds. The Morgan fingerprint density at radius 1 is 0.875 bits per heavy atom. The van der Waals surface area contributed by atoms with Gasteiger partial charge in [-0.3, -0.25) is 0 Å². The van der Waals surface area contributed by atoms with E-state index in [1.807, 2.05) is 0 Å². The maximum atomic E-state index is 2.41. The molecule has 0 saturated carbocycles. The van der Waals surface area contributed by atoms with Crippen LogP contribution < -0.4 is 0 Å². The van der Waals surface area contributed by atoms with Crippen LogP contribution in [0.25, 0.3) is 0 Å². The number of hydrogen-bond acceptors (Lipinski definition) is 0. The normalized spacial score (nSPS) is 19.2. The maximum absolute atomic E-state index is 2.41. The van der Waals surface area contributed by atoms with Crippen molar-refractivity contribution in [3.8, 4) is 0 Å². The average Bonchev–Trinajstić information content (AvgIpc) is 1.98. The van der Waals surface area contributed by atoms with Crippen molar-refractivity contribution in [2.24, 2.45) is 22.7 Å². The molecule has 0 aromatic heterocycles. The monoisotopic (exact) mass is 224 g/mol. The Balaban J connectivity index is 5.00. The Hall–Kier alpha value is 0.0649. The van der Waals surface area contributed by atoms with Crippen molar-refractivity contribution >= 4 is 7.85 Å². The fraction of sp³-hybridized carbons (Fsp3) is 1.00. The summed E-state index contributed by atoms with van der Waals surface area (Å²) in [6.07, 6.45) is 2.66. The van der Waals surface area contributed by atoms with Gasteiger partial charge in [0.2, 0.25) is 0 Å². The molecule has 1 heteroatoms. The van der Waals surface area contributed by atoms with Crippen LogP contribution in [0.15, 0.2) is 0 Å². The summed E-state index contributed by atoms with van der Waals surface area (Å²) < 4.78 is 0. The van der Waals surface area contributed by atoms with Gasteiger partial charge in [-0.05, 0) is 22.7 Å². The van der Waals surface area contributed by atoms with E-state index in [0.717, 1.165) is 17.7 Å². The molecule has 0 aromatic carbocycles. The first kappa shape index (κ1) is 16.1. The molecule has 3 unspecified atom stereocenters. The van der Waals surface area contributed by atoms with Crippen LogP contribution in [-0.4, -0.2) is 7.85 Å². The van der Waals surface area contributed by atoms with Gasteiger partial charge in [0.1, 0.15) is 7.85 Å². The first-order chi connectivity index (χ1) is 7.00. The van der Waals surface area contributed by atoms with E-state index in [2.05, 4.69) is 63.2 Å². The van der Waals surface area contributed by atoms with E-state index in [-0.39, 0.29) is 0 Å². The predicted octanol–water partition coefficient (Wildman–Crippen LogP) is 4.55. The molecule has 0 heterocycles. The summed E-state index contributed by atoms with van der Waals surface area (Å²) in [6.45, 7) is 19.2.